The second-order valence-electron chi connectivity index (χ2n) is 4.72. The van der Waals surface area contributed by atoms with Gasteiger partial charge in [0.1, 0.15) is 0 Å². The molecule has 0 unspecified atom stereocenters. The molecule has 1 aromatic heterocycles. The van der Waals surface area contributed by atoms with Crippen LogP contribution in [0.5, 0.6) is 0 Å². The molecule has 0 saturated carbocycles. The van der Waals surface area contributed by atoms with Crippen molar-refractivity contribution in [2.75, 3.05) is 0 Å². The molecule has 0 atom stereocenters. The molecule has 8 nitrogen and oxygen atoms in total. The van der Waals surface area contributed by atoms with E-state index in [4.69, 9.17) is 10.2 Å². The maximum absolute atomic E-state index is 11.1. The molecule has 0 aliphatic rings. The van der Waals surface area contributed by atoms with Gasteiger partial charge in [-0.05, 0) is 34.5 Å². The number of tetrazole rings is 1. The summed E-state index contributed by atoms with van der Waals surface area (Å²) in [4.78, 5) is 22.3. The summed E-state index contributed by atoms with van der Waals surface area (Å²) >= 11 is 0. The van der Waals surface area contributed by atoms with E-state index in [2.05, 4.69) is 20.6 Å². The first kappa shape index (κ1) is 14.4. The van der Waals surface area contributed by atoms with Crippen molar-refractivity contribution in [3.63, 3.8) is 0 Å². The molecular formula is C15H10N4O4. The quantitative estimate of drug-likeness (QED) is 0.671. The Morgan fingerprint density at radius 2 is 1.39 bits per heavy atom. The number of benzene rings is 2. The molecule has 3 rings (SSSR count). The van der Waals surface area contributed by atoms with E-state index in [1.165, 1.54) is 12.1 Å². The Morgan fingerprint density at radius 1 is 0.826 bits per heavy atom. The summed E-state index contributed by atoms with van der Waals surface area (Å²) in [6.07, 6.45) is 0. The third kappa shape index (κ3) is 2.91. The Balaban J connectivity index is 2.04. The highest BCUT2D eigenvalue weighted by Crippen LogP contribution is 2.25. The van der Waals surface area contributed by atoms with Crippen molar-refractivity contribution in [3.8, 4) is 22.5 Å². The minimum atomic E-state index is -1.18. The fourth-order valence-corrected chi connectivity index (χ4v) is 2.14. The molecule has 2 aromatic carbocycles. The van der Waals surface area contributed by atoms with E-state index in [1.807, 2.05) is 0 Å². The minimum Gasteiger partial charge on any atom is -0.478 e. The van der Waals surface area contributed by atoms with Crippen LogP contribution in [-0.4, -0.2) is 42.8 Å². The fraction of sp³-hybridized carbons (Fsp3) is 0. The average molecular weight is 310 g/mol. The summed E-state index contributed by atoms with van der Waals surface area (Å²) in [6.45, 7) is 0. The summed E-state index contributed by atoms with van der Waals surface area (Å²) in [5, 5.41) is 31.8. The Labute approximate surface area is 129 Å². The van der Waals surface area contributed by atoms with Crippen molar-refractivity contribution in [1.29, 1.82) is 0 Å². The van der Waals surface area contributed by atoms with Crippen LogP contribution in [0.15, 0.2) is 42.5 Å². The number of hydrogen-bond acceptors (Lipinski definition) is 5. The van der Waals surface area contributed by atoms with Gasteiger partial charge in [-0.3, -0.25) is 0 Å². The van der Waals surface area contributed by atoms with E-state index in [0.717, 1.165) is 11.6 Å². The first-order valence-corrected chi connectivity index (χ1v) is 6.50. The van der Waals surface area contributed by atoms with Gasteiger partial charge in [-0.1, -0.05) is 24.3 Å². The molecular weight excluding hydrogens is 300 g/mol. The van der Waals surface area contributed by atoms with E-state index in [1.54, 1.807) is 24.3 Å². The van der Waals surface area contributed by atoms with Crippen molar-refractivity contribution in [2.24, 2.45) is 0 Å². The Hall–Kier alpha value is -3.55. The summed E-state index contributed by atoms with van der Waals surface area (Å²) < 4.78 is 0. The molecule has 3 N–H and O–H groups in total. The van der Waals surface area contributed by atoms with E-state index < -0.39 is 11.9 Å². The number of aromatic nitrogens is 4. The Kier molecular flexibility index (Phi) is 3.55. The molecule has 0 radical (unpaired) electrons. The first-order chi connectivity index (χ1) is 11.0. The summed E-state index contributed by atoms with van der Waals surface area (Å²) in [7, 11) is 0. The number of carboxylic acid groups (broad SMARTS) is 2. The second kappa shape index (κ2) is 5.68. The monoisotopic (exact) mass is 310 g/mol. The lowest BCUT2D eigenvalue weighted by Gasteiger charge is -2.06. The normalized spacial score (nSPS) is 10.4. The van der Waals surface area contributed by atoms with Crippen molar-refractivity contribution < 1.29 is 19.8 Å². The topological polar surface area (TPSA) is 129 Å². The summed E-state index contributed by atoms with van der Waals surface area (Å²) in [5.74, 6) is -1.93. The van der Waals surface area contributed by atoms with Crippen molar-refractivity contribution >= 4 is 11.9 Å². The Morgan fingerprint density at radius 3 is 1.87 bits per heavy atom. The number of aromatic amines is 1. The molecule has 0 amide bonds. The van der Waals surface area contributed by atoms with Gasteiger partial charge in [0, 0.05) is 5.56 Å². The summed E-state index contributed by atoms with van der Waals surface area (Å²) in [5.41, 5.74) is 1.75. The fourth-order valence-electron chi connectivity index (χ4n) is 2.14. The highest BCUT2D eigenvalue weighted by molar-refractivity contribution is 5.96. The number of carboxylic acids is 2. The molecule has 0 aliphatic carbocycles. The SMILES string of the molecule is O=C(O)c1cc(C(=O)O)cc(-c2ccc(-c3nn[nH]n3)cc2)c1. The van der Waals surface area contributed by atoms with Crippen LogP contribution in [-0.2, 0) is 0 Å². The van der Waals surface area contributed by atoms with Gasteiger partial charge in [0.15, 0.2) is 0 Å². The van der Waals surface area contributed by atoms with Crippen molar-refractivity contribution in [2.45, 2.75) is 0 Å². The molecule has 8 heteroatoms. The van der Waals surface area contributed by atoms with Gasteiger partial charge in [-0.2, -0.15) is 5.21 Å². The van der Waals surface area contributed by atoms with Crippen molar-refractivity contribution in [3.05, 3.63) is 53.6 Å². The van der Waals surface area contributed by atoms with Crippen molar-refractivity contribution in [1.82, 2.24) is 20.6 Å². The first-order valence-electron chi connectivity index (χ1n) is 6.50. The zero-order valence-electron chi connectivity index (χ0n) is 11.6. The zero-order chi connectivity index (χ0) is 16.4. The average Bonchev–Trinajstić information content (AvgIpc) is 3.09. The maximum atomic E-state index is 11.1. The molecule has 0 aliphatic heterocycles. The lowest BCUT2D eigenvalue weighted by atomic mass is 9.98. The third-order valence-corrected chi connectivity index (χ3v) is 3.25. The molecule has 0 bridgehead atoms. The number of carbonyl (C=O) groups is 2. The Bertz CT molecular complexity index is 841. The van der Waals surface area contributed by atoms with E-state index in [0.29, 0.717) is 17.0 Å². The lowest BCUT2D eigenvalue weighted by Crippen LogP contribution is -2.03. The van der Waals surface area contributed by atoms with Crippen LogP contribution in [0, 0.1) is 0 Å². The van der Waals surface area contributed by atoms with Gasteiger partial charge in [0.05, 0.1) is 11.1 Å². The predicted octanol–water partition coefficient (Wildman–Crippen LogP) is 1.93. The predicted molar refractivity (Wildman–Crippen MR) is 79.0 cm³/mol. The lowest BCUT2D eigenvalue weighted by molar-refractivity contribution is 0.0696. The molecule has 0 fully saturated rings. The second-order valence-corrected chi connectivity index (χ2v) is 4.72. The van der Waals surface area contributed by atoms with E-state index in [-0.39, 0.29) is 11.1 Å². The van der Waals surface area contributed by atoms with Gasteiger partial charge < -0.3 is 10.2 Å². The van der Waals surface area contributed by atoms with Crippen LogP contribution in [0.3, 0.4) is 0 Å². The molecule has 1 heterocycles. The van der Waals surface area contributed by atoms with Gasteiger partial charge in [0.25, 0.3) is 0 Å². The number of rotatable bonds is 4. The van der Waals surface area contributed by atoms with Crippen LogP contribution in [0.1, 0.15) is 20.7 Å². The maximum Gasteiger partial charge on any atom is 0.335 e. The third-order valence-electron chi connectivity index (χ3n) is 3.25. The smallest absolute Gasteiger partial charge is 0.335 e. The van der Waals surface area contributed by atoms with Crippen LogP contribution in [0.25, 0.3) is 22.5 Å². The van der Waals surface area contributed by atoms with Crippen LogP contribution >= 0.6 is 0 Å². The van der Waals surface area contributed by atoms with E-state index >= 15 is 0 Å². The van der Waals surface area contributed by atoms with Gasteiger partial charge in [0.2, 0.25) is 5.82 Å². The minimum absolute atomic E-state index is 0.0813. The standard InChI is InChI=1S/C15H10N4O4/c20-14(21)11-5-10(6-12(7-11)15(22)23)8-1-3-9(4-2-8)13-16-18-19-17-13/h1-7H,(H,20,21)(H,22,23)(H,16,17,18,19). The van der Waals surface area contributed by atoms with Crippen LogP contribution in [0.2, 0.25) is 0 Å². The molecule has 0 spiro atoms. The van der Waals surface area contributed by atoms with Gasteiger partial charge >= 0.3 is 11.9 Å². The molecule has 3 aromatic rings. The highest BCUT2D eigenvalue weighted by Gasteiger charge is 2.12. The molecule has 0 saturated heterocycles. The van der Waals surface area contributed by atoms with Gasteiger partial charge in [-0.15, -0.1) is 10.2 Å². The summed E-state index contributed by atoms with van der Waals surface area (Å²) in [6, 6.07) is 10.9. The largest absolute Gasteiger partial charge is 0.478 e. The highest BCUT2D eigenvalue weighted by atomic mass is 16.4. The van der Waals surface area contributed by atoms with E-state index in [9.17, 15) is 9.59 Å². The van der Waals surface area contributed by atoms with Gasteiger partial charge in [-0.25, -0.2) is 9.59 Å². The number of H-pyrrole nitrogens is 1. The number of hydrogen-bond donors (Lipinski definition) is 3. The zero-order valence-corrected chi connectivity index (χ0v) is 11.6. The molecule has 23 heavy (non-hydrogen) atoms. The number of nitrogens with zero attached hydrogens (tertiary/aromatic N) is 3. The molecule has 114 valence electrons. The number of aromatic carboxylic acids is 2. The van der Waals surface area contributed by atoms with Crippen LogP contribution in [0.4, 0.5) is 0 Å². The number of nitrogens with one attached hydrogen (secondary N) is 1. The van der Waals surface area contributed by atoms with Crippen LogP contribution < -0.4 is 0 Å².